The average molecular weight is 597 g/mol. The van der Waals surface area contributed by atoms with Crippen LogP contribution in [0.2, 0.25) is 0 Å². The molecule has 0 atom stereocenters. The molecule has 0 saturated carbocycles. The van der Waals surface area contributed by atoms with Gasteiger partial charge in [-0.15, -0.1) is 0 Å². The van der Waals surface area contributed by atoms with Crippen LogP contribution in [0, 0.1) is 0 Å². The first-order chi connectivity index (χ1) is 20.0. The third-order valence-corrected chi connectivity index (χ3v) is 5.39. The molecule has 1 rings (SSSR count). The smallest absolute Gasteiger partial charge is 0.407 e. The molecule has 244 valence electrons. The highest BCUT2D eigenvalue weighted by Gasteiger charge is 2.15. The molecule has 1 aliphatic rings. The van der Waals surface area contributed by atoms with Crippen LogP contribution in [0.15, 0.2) is 0 Å². The molecule has 2 N–H and O–H groups in total. The van der Waals surface area contributed by atoms with Gasteiger partial charge in [-0.25, -0.2) is 4.79 Å². The van der Waals surface area contributed by atoms with Crippen molar-refractivity contribution in [3.63, 3.8) is 0 Å². The van der Waals surface area contributed by atoms with Crippen LogP contribution in [-0.2, 0) is 47.4 Å². The maximum absolute atomic E-state index is 11.5. The number of piperidine rings is 1. The van der Waals surface area contributed by atoms with Gasteiger partial charge in [-0.2, -0.15) is 0 Å². The third kappa shape index (κ3) is 28.8. The average Bonchev–Trinajstić information content (AvgIpc) is 2.94. The van der Waals surface area contributed by atoms with Crippen LogP contribution in [0.3, 0.4) is 0 Å². The van der Waals surface area contributed by atoms with Crippen molar-refractivity contribution >= 4 is 6.09 Å². The number of carbonyl (C=O) groups is 1. The minimum Gasteiger partial charge on any atom is -0.444 e. The predicted octanol–water partition coefficient (Wildman–Crippen LogP) is 1.41. The second-order valence-corrected chi connectivity index (χ2v) is 10.1. The lowest BCUT2D eigenvalue weighted by Gasteiger charge is -2.22. The van der Waals surface area contributed by atoms with Crippen LogP contribution in [0.25, 0.3) is 0 Å². The minimum atomic E-state index is -0.506. The zero-order valence-electron chi connectivity index (χ0n) is 25.6. The van der Waals surface area contributed by atoms with Gasteiger partial charge in [0.1, 0.15) is 5.60 Å². The van der Waals surface area contributed by atoms with Crippen LogP contribution < -0.4 is 10.6 Å². The quantitative estimate of drug-likeness (QED) is 0.127. The lowest BCUT2D eigenvalue weighted by atomic mass is 10.1. The van der Waals surface area contributed by atoms with Gasteiger partial charge in [0.25, 0.3) is 0 Å². The fourth-order valence-corrected chi connectivity index (χ4v) is 3.42. The zero-order valence-corrected chi connectivity index (χ0v) is 25.6. The van der Waals surface area contributed by atoms with E-state index >= 15 is 0 Å². The highest BCUT2D eigenvalue weighted by Crippen LogP contribution is 2.07. The summed E-state index contributed by atoms with van der Waals surface area (Å²) in [6.45, 7) is 16.7. The van der Waals surface area contributed by atoms with Crippen molar-refractivity contribution < 1.29 is 52.2 Å². The molecule has 1 saturated heterocycles. The first-order valence-electron chi connectivity index (χ1n) is 14.9. The van der Waals surface area contributed by atoms with E-state index in [9.17, 15) is 4.79 Å². The van der Waals surface area contributed by atoms with Crippen LogP contribution in [0.4, 0.5) is 4.79 Å². The summed E-state index contributed by atoms with van der Waals surface area (Å²) in [6, 6.07) is 0. The van der Waals surface area contributed by atoms with Gasteiger partial charge < -0.3 is 58.0 Å². The Kier molecular flexibility index (Phi) is 25.6. The highest BCUT2D eigenvalue weighted by molar-refractivity contribution is 5.67. The van der Waals surface area contributed by atoms with E-state index in [1.807, 2.05) is 20.8 Å². The second-order valence-electron chi connectivity index (χ2n) is 10.1. The number of ether oxygens (including phenoxy) is 10. The summed E-state index contributed by atoms with van der Waals surface area (Å²) in [5.74, 6) is 0. The second kappa shape index (κ2) is 27.7. The lowest BCUT2D eigenvalue weighted by molar-refractivity contribution is -0.0318. The van der Waals surface area contributed by atoms with E-state index in [1.54, 1.807) is 0 Å². The van der Waals surface area contributed by atoms with Gasteiger partial charge in [0.15, 0.2) is 0 Å². The summed E-state index contributed by atoms with van der Waals surface area (Å²) in [5.41, 5.74) is -0.506. The van der Waals surface area contributed by atoms with Crippen molar-refractivity contribution in [2.45, 2.75) is 45.3 Å². The molecule has 13 nitrogen and oxygen atoms in total. The molecule has 1 aliphatic heterocycles. The Morgan fingerprint density at radius 3 is 1.29 bits per heavy atom. The largest absolute Gasteiger partial charge is 0.444 e. The normalized spacial score (nSPS) is 14.4. The van der Waals surface area contributed by atoms with Gasteiger partial charge in [0, 0.05) is 6.54 Å². The van der Waals surface area contributed by atoms with Crippen LogP contribution in [-0.4, -0.2) is 150 Å². The molecule has 0 aromatic carbocycles. The summed E-state index contributed by atoms with van der Waals surface area (Å²) in [7, 11) is 0. The highest BCUT2D eigenvalue weighted by atomic mass is 16.6. The number of rotatable bonds is 28. The molecule has 0 radical (unpaired) electrons. The van der Waals surface area contributed by atoms with Crippen molar-refractivity contribution in [2.24, 2.45) is 0 Å². The van der Waals surface area contributed by atoms with E-state index in [-0.39, 0.29) is 0 Å². The maximum Gasteiger partial charge on any atom is 0.407 e. The number of hydrogen-bond acceptors (Lipinski definition) is 12. The maximum atomic E-state index is 11.5. The Labute approximate surface area is 246 Å². The number of nitrogens with one attached hydrogen (secondary N) is 2. The molecule has 0 aromatic rings. The first-order valence-corrected chi connectivity index (χ1v) is 14.9. The van der Waals surface area contributed by atoms with E-state index in [4.69, 9.17) is 47.4 Å². The molecule has 0 aromatic heterocycles. The zero-order chi connectivity index (χ0) is 29.7. The lowest BCUT2D eigenvalue weighted by Crippen LogP contribution is -2.34. The number of alkyl carbamates (subject to hydrolysis) is 1. The molecule has 0 spiro atoms. The van der Waals surface area contributed by atoms with E-state index < -0.39 is 11.7 Å². The Bertz CT molecular complexity index is 576. The van der Waals surface area contributed by atoms with E-state index in [0.717, 1.165) is 25.9 Å². The summed E-state index contributed by atoms with van der Waals surface area (Å²) >= 11 is 0. The molecule has 0 aliphatic carbocycles. The molecule has 1 fully saturated rings. The number of amides is 1. The van der Waals surface area contributed by atoms with Crippen molar-refractivity contribution in [1.29, 1.82) is 0 Å². The van der Waals surface area contributed by atoms with E-state index in [2.05, 4.69) is 10.6 Å². The fourth-order valence-electron chi connectivity index (χ4n) is 3.42. The Hall–Kier alpha value is -1.13. The van der Waals surface area contributed by atoms with Crippen LogP contribution >= 0.6 is 0 Å². The van der Waals surface area contributed by atoms with Crippen molar-refractivity contribution in [3.8, 4) is 0 Å². The summed E-state index contributed by atoms with van der Waals surface area (Å²) in [6.07, 6.45) is 2.08. The monoisotopic (exact) mass is 596 g/mol. The Balaban J connectivity index is 1.64. The van der Waals surface area contributed by atoms with Gasteiger partial charge in [0.2, 0.25) is 0 Å². The van der Waals surface area contributed by atoms with E-state index in [1.165, 1.54) is 0 Å². The number of carbonyl (C=O) groups excluding carboxylic acids is 1. The molecular formula is C28H56N2O11. The van der Waals surface area contributed by atoms with Gasteiger partial charge >= 0.3 is 6.09 Å². The van der Waals surface area contributed by atoms with Crippen molar-refractivity contribution in [1.82, 2.24) is 10.6 Å². The molecule has 0 unspecified atom stereocenters. The number of hydrogen-bond donors (Lipinski definition) is 2. The first kappa shape index (κ1) is 37.9. The summed E-state index contributed by atoms with van der Waals surface area (Å²) < 4.78 is 54.6. The van der Waals surface area contributed by atoms with Crippen molar-refractivity contribution in [3.05, 3.63) is 0 Å². The standard InChI is InChI=1S/C28H56N2O11/c1-28(2,3)41-27(31)30-8-9-32-10-11-33-12-13-34-14-15-35-16-17-36-18-19-37-20-21-38-22-23-39-24-25-40-26-4-6-29-7-5-26/h26,29H,4-25H2,1-3H3,(H,30,31). The van der Waals surface area contributed by atoms with Gasteiger partial charge in [-0.1, -0.05) is 0 Å². The molecule has 1 amide bonds. The molecule has 41 heavy (non-hydrogen) atoms. The van der Waals surface area contributed by atoms with Gasteiger partial charge in [0.05, 0.1) is 118 Å². The molecule has 0 bridgehead atoms. The third-order valence-electron chi connectivity index (χ3n) is 5.39. The van der Waals surface area contributed by atoms with E-state index in [0.29, 0.717) is 125 Å². The minimum absolute atomic E-state index is 0.370. The molecular weight excluding hydrogens is 540 g/mol. The van der Waals surface area contributed by atoms with Gasteiger partial charge in [-0.05, 0) is 46.7 Å². The predicted molar refractivity (Wildman–Crippen MR) is 153 cm³/mol. The fraction of sp³-hybridized carbons (Fsp3) is 0.964. The van der Waals surface area contributed by atoms with Crippen LogP contribution in [0.5, 0.6) is 0 Å². The van der Waals surface area contributed by atoms with Crippen molar-refractivity contribution in [2.75, 3.05) is 132 Å². The summed E-state index contributed by atoms with van der Waals surface area (Å²) in [4.78, 5) is 11.5. The van der Waals surface area contributed by atoms with Crippen LogP contribution in [0.1, 0.15) is 33.6 Å². The summed E-state index contributed by atoms with van der Waals surface area (Å²) in [5, 5.41) is 5.95. The molecule has 13 heteroatoms. The topological polar surface area (TPSA) is 133 Å². The Morgan fingerprint density at radius 1 is 0.585 bits per heavy atom. The SMILES string of the molecule is CC(C)(C)OC(=O)NCCOCCOCCOCCOCCOCCOCCOCCOCCOC1CCNCC1. The molecule has 1 heterocycles. The Morgan fingerprint density at radius 2 is 0.927 bits per heavy atom. The van der Waals surface area contributed by atoms with Gasteiger partial charge in [-0.3, -0.25) is 0 Å².